The molecular weight excluding hydrogens is 479 g/mol. The topological polar surface area (TPSA) is 66.0 Å². The summed E-state index contributed by atoms with van der Waals surface area (Å²) in [4.78, 5) is 18.7. The number of hydrogen-bond donors (Lipinski definition) is 2. The van der Waals surface area contributed by atoms with E-state index in [-0.39, 0.29) is 24.0 Å². The number of hydrogen-bond acceptors (Lipinski definition) is 3. The Kier molecular flexibility index (Phi) is 13.5. The molecule has 0 aliphatic carbocycles. The summed E-state index contributed by atoms with van der Waals surface area (Å²) < 4.78 is 5.69. The van der Waals surface area contributed by atoms with Gasteiger partial charge in [-0.1, -0.05) is 25.5 Å². The lowest BCUT2D eigenvalue weighted by atomic mass is 10.2. The highest BCUT2D eigenvalue weighted by molar-refractivity contribution is 14.0. The van der Waals surface area contributed by atoms with E-state index in [9.17, 15) is 4.79 Å². The second-order valence-corrected chi connectivity index (χ2v) is 7.16. The normalized spacial score (nSPS) is 14.8. The summed E-state index contributed by atoms with van der Waals surface area (Å²) in [5.74, 6) is 2.02. The van der Waals surface area contributed by atoms with Crippen molar-refractivity contribution in [1.29, 1.82) is 0 Å². The molecule has 0 atom stereocenters. The van der Waals surface area contributed by atoms with Gasteiger partial charge in [0, 0.05) is 32.6 Å². The number of likely N-dealkylation sites (tertiary alicyclic amines) is 1. The minimum Gasteiger partial charge on any atom is -0.494 e. The summed E-state index contributed by atoms with van der Waals surface area (Å²) in [5, 5.41) is 6.67. The van der Waals surface area contributed by atoms with E-state index in [4.69, 9.17) is 4.74 Å². The lowest BCUT2D eigenvalue weighted by Gasteiger charge is -2.20. The van der Waals surface area contributed by atoms with Gasteiger partial charge in [0.2, 0.25) is 5.91 Å². The van der Waals surface area contributed by atoms with Gasteiger partial charge in [0.25, 0.3) is 0 Å². The Labute approximate surface area is 192 Å². The fraction of sp³-hybridized carbons (Fsp3) is 0.636. The van der Waals surface area contributed by atoms with Crippen molar-refractivity contribution >= 4 is 35.8 Å². The second kappa shape index (κ2) is 15.3. The van der Waals surface area contributed by atoms with Gasteiger partial charge in [0.15, 0.2) is 5.96 Å². The molecule has 1 heterocycles. The fourth-order valence-electron chi connectivity index (χ4n) is 3.22. The second-order valence-electron chi connectivity index (χ2n) is 7.16. The molecule has 1 aromatic carbocycles. The van der Waals surface area contributed by atoms with Crippen molar-refractivity contribution in [3.63, 3.8) is 0 Å². The summed E-state index contributed by atoms with van der Waals surface area (Å²) in [5.41, 5.74) is 1.13. The standard InChI is InChI=1S/C22H36N4O2.HI/c1-3-16-28-20-11-8-10-19(17-20)18-25-22(23-4-2)24-13-9-15-26-14-7-5-6-12-21(26)27;/h8,10-11,17H,3-7,9,12-16,18H2,1-2H3,(H2,23,24,25);1H. The summed E-state index contributed by atoms with van der Waals surface area (Å²) in [6.45, 7) is 8.84. The van der Waals surface area contributed by atoms with Crippen molar-refractivity contribution in [1.82, 2.24) is 15.5 Å². The SMILES string of the molecule is CCCOc1cccc(CN=C(NCC)NCCCN2CCCCCC2=O)c1.I. The molecule has 2 N–H and O–H groups in total. The van der Waals surface area contributed by atoms with Gasteiger partial charge in [0.1, 0.15) is 5.75 Å². The molecule has 1 aliphatic heterocycles. The first-order valence-corrected chi connectivity index (χ1v) is 10.7. The first kappa shape index (κ1) is 25.5. The highest BCUT2D eigenvalue weighted by Gasteiger charge is 2.15. The molecule has 0 spiro atoms. The average Bonchev–Trinajstić information content (AvgIpc) is 2.92. The van der Waals surface area contributed by atoms with E-state index in [0.717, 1.165) is 75.7 Å². The highest BCUT2D eigenvalue weighted by Crippen LogP contribution is 2.14. The van der Waals surface area contributed by atoms with Crippen LogP contribution in [0.15, 0.2) is 29.3 Å². The maximum atomic E-state index is 12.1. The quantitative estimate of drug-likeness (QED) is 0.214. The predicted molar refractivity (Wildman–Crippen MR) is 130 cm³/mol. The van der Waals surface area contributed by atoms with Gasteiger partial charge in [-0.05, 0) is 50.3 Å². The number of rotatable bonds is 10. The Morgan fingerprint density at radius 3 is 2.86 bits per heavy atom. The monoisotopic (exact) mass is 516 g/mol. The zero-order valence-electron chi connectivity index (χ0n) is 17.9. The van der Waals surface area contributed by atoms with Crippen molar-refractivity contribution in [2.24, 2.45) is 4.99 Å². The molecule has 1 fully saturated rings. The number of carbonyl (C=O) groups is 1. The van der Waals surface area contributed by atoms with Gasteiger partial charge in [-0.15, -0.1) is 24.0 Å². The largest absolute Gasteiger partial charge is 0.494 e. The number of ether oxygens (including phenoxy) is 1. The van der Waals surface area contributed by atoms with Crippen LogP contribution < -0.4 is 15.4 Å². The first-order chi connectivity index (χ1) is 13.7. The highest BCUT2D eigenvalue weighted by atomic mass is 127. The number of amides is 1. The number of nitrogens with zero attached hydrogens (tertiary/aromatic N) is 2. The van der Waals surface area contributed by atoms with E-state index < -0.39 is 0 Å². The molecule has 0 radical (unpaired) electrons. The zero-order chi connectivity index (χ0) is 20.0. The molecule has 1 aliphatic rings. The zero-order valence-corrected chi connectivity index (χ0v) is 20.2. The van der Waals surface area contributed by atoms with Crippen LogP contribution in [0.4, 0.5) is 0 Å². The third-order valence-electron chi connectivity index (χ3n) is 4.70. The fourth-order valence-corrected chi connectivity index (χ4v) is 3.22. The third-order valence-corrected chi connectivity index (χ3v) is 4.70. The van der Waals surface area contributed by atoms with Gasteiger partial charge >= 0.3 is 0 Å². The lowest BCUT2D eigenvalue weighted by Crippen LogP contribution is -2.39. The minimum atomic E-state index is 0. The molecule has 0 bridgehead atoms. The van der Waals surface area contributed by atoms with Crippen LogP contribution in [0.3, 0.4) is 0 Å². The van der Waals surface area contributed by atoms with E-state index in [1.165, 1.54) is 6.42 Å². The van der Waals surface area contributed by atoms with E-state index in [1.807, 2.05) is 23.1 Å². The molecule has 29 heavy (non-hydrogen) atoms. The number of nitrogens with one attached hydrogen (secondary N) is 2. The van der Waals surface area contributed by atoms with E-state index >= 15 is 0 Å². The Hall–Kier alpha value is -1.51. The van der Waals surface area contributed by atoms with E-state index in [2.05, 4.69) is 35.5 Å². The van der Waals surface area contributed by atoms with Crippen LogP contribution in [-0.4, -0.2) is 49.6 Å². The average molecular weight is 516 g/mol. The van der Waals surface area contributed by atoms with Crippen LogP contribution in [0.1, 0.15) is 57.9 Å². The van der Waals surface area contributed by atoms with Gasteiger partial charge in [0.05, 0.1) is 13.2 Å². The third kappa shape index (κ3) is 10.2. The summed E-state index contributed by atoms with van der Waals surface area (Å²) in [7, 11) is 0. The smallest absolute Gasteiger partial charge is 0.222 e. The van der Waals surface area contributed by atoms with Crippen LogP contribution in [0.5, 0.6) is 5.75 Å². The summed E-state index contributed by atoms with van der Waals surface area (Å²) >= 11 is 0. The molecule has 164 valence electrons. The van der Waals surface area contributed by atoms with Crippen molar-refractivity contribution in [2.45, 2.75) is 58.9 Å². The van der Waals surface area contributed by atoms with Gasteiger partial charge in [-0.25, -0.2) is 4.99 Å². The maximum absolute atomic E-state index is 12.1. The van der Waals surface area contributed by atoms with E-state index in [0.29, 0.717) is 18.9 Å². The molecule has 0 saturated carbocycles. The number of halogens is 1. The lowest BCUT2D eigenvalue weighted by molar-refractivity contribution is -0.130. The Bertz CT molecular complexity index is 625. The number of aliphatic imine (C=N–C) groups is 1. The number of carbonyl (C=O) groups excluding carboxylic acids is 1. The Balaban J connectivity index is 0.00000420. The molecular formula is C22H37IN4O2. The Morgan fingerprint density at radius 2 is 2.07 bits per heavy atom. The molecule has 0 aromatic heterocycles. The van der Waals surface area contributed by atoms with Gasteiger partial charge < -0.3 is 20.3 Å². The van der Waals surface area contributed by atoms with Crippen LogP contribution in [-0.2, 0) is 11.3 Å². The predicted octanol–water partition coefficient (Wildman–Crippen LogP) is 3.94. The molecule has 6 nitrogen and oxygen atoms in total. The number of benzene rings is 1. The molecule has 0 unspecified atom stereocenters. The van der Waals surface area contributed by atoms with Crippen molar-refractivity contribution in [3.05, 3.63) is 29.8 Å². The van der Waals surface area contributed by atoms with Crippen LogP contribution in [0, 0.1) is 0 Å². The molecule has 7 heteroatoms. The van der Waals surface area contributed by atoms with Crippen molar-refractivity contribution in [3.8, 4) is 5.75 Å². The summed E-state index contributed by atoms with van der Waals surface area (Å²) in [6, 6.07) is 8.11. The van der Waals surface area contributed by atoms with Gasteiger partial charge in [-0.2, -0.15) is 0 Å². The van der Waals surface area contributed by atoms with Gasteiger partial charge in [-0.3, -0.25) is 4.79 Å². The molecule has 1 saturated heterocycles. The van der Waals surface area contributed by atoms with Crippen molar-refractivity contribution in [2.75, 3.05) is 32.8 Å². The Morgan fingerprint density at radius 1 is 1.21 bits per heavy atom. The van der Waals surface area contributed by atoms with E-state index in [1.54, 1.807) is 0 Å². The van der Waals surface area contributed by atoms with Crippen LogP contribution in [0.25, 0.3) is 0 Å². The van der Waals surface area contributed by atoms with Crippen LogP contribution in [0.2, 0.25) is 0 Å². The molecule has 2 rings (SSSR count). The van der Waals surface area contributed by atoms with Crippen molar-refractivity contribution < 1.29 is 9.53 Å². The first-order valence-electron chi connectivity index (χ1n) is 10.7. The molecule has 1 amide bonds. The summed E-state index contributed by atoms with van der Waals surface area (Å²) in [6.07, 6.45) is 5.97. The van der Waals surface area contributed by atoms with Crippen LogP contribution >= 0.6 is 24.0 Å². The maximum Gasteiger partial charge on any atom is 0.222 e. The number of guanidine groups is 1. The minimum absolute atomic E-state index is 0. The molecule has 1 aromatic rings.